The first-order chi connectivity index (χ1) is 13.6. The van der Waals surface area contributed by atoms with E-state index in [1.807, 2.05) is 24.3 Å². The quantitative estimate of drug-likeness (QED) is 0.259. The van der Waals surface area contributed by atoms with E-state index < -0.39 is 0 Å². The Morgan fingerprint density at radius 2 is 1.83 bits per heavy atom. The minimum Gasteiger partial charge on any atom is -0.497 e. The number of guanidine groups is 1. The van der Waals surface area contributed by atoms with Crippen molar-refractivity contribution in [3.05, 3.63) is 54.1 Å². The van der Waals surface area contributed by atoms with Crippen LogP contribution in [0, 0.1) is 6.92 Å². The van der Waals surface area contributed by atoms with E-state index in [0.717, 1.165) is 57.1 Å². The molecule has 0 radical (unpaired) electrons. The van der Waals surface area contributed by atoms with Gasteiger partial charge in [-0.1, -0.05) is 12.1 Å². The molecule has 2 aromatic carbocycles. The van der Waals surface area contributed by atoms with Crippen LogP contribution in [-0.4, -0.2) is 57.2 Å². The normalized spacial score (nSPS) is 15.0. The lowest BCUT2D eigenvalue weighted by molar-refractivity contribution is 0.256. The van der Waals surface area contributed by atoms with Crippen LogP contribution in [0.5, 0.6) is 5.75 Å². The van der Waals surface area contributed by atoms with Crippen LogP contribution in [0.1, 0.15) is 12.0 Å². The van der Waals surface area contributed by atoms with E-state index in [4.69, 9.17) is 10.5 Å². The van der Waals surface area contributed by atoms with Crippen LogP contribution in [0.2, 0.25) is 0 Å². The number of methoxy groups -OCH3 is 1. The SMILES string of the molecule is COc1ccc(NC(N)=NCCCN2CCN(c3cccc(C)c3)CC2)cc1.I. The molecule has 29 heavy (non-hydrogen) atoms. The standard InChI is InChI=1S/C22H31N5O.HI/c1-18-5-3-6-20(17-18)27-15-13-26(14-16-27)12-4-11-24-22(23)25-19-7-9-21(28-2)10-8-19;/h3,5-10,17H,4,11-16H2,1-2H3,(H3,23,24,25);1H. The molecule has 0 aliphatic carbocycles. The smallest absolute Gasteiger partial charge is 0.193 e. The Morgan fingerprint density at radius 1 is 1.10 bits per heavy atom. The first-order valence-electron chi connectivity index (χ1n) is 9.89. The third-order valence-corrected chi connectivity index (χ3v) is 5.02. The highest BCUT2D eigenvalue weighted by Gasteiger charge is 2.16. The van der Waals surface area contributed by atoms with Crippen LogP contribution in [0.15, 0.2) is 53.5 Å². The van der Waals surface area contributed by atoms with Gasteiger partial charge in [0.15, 0.2) is 5.96 Å². The number of anilines is 2. The number of hydrogen-bond donors (Lipinski definition) is 2. The molecular formula is C22H32IN5O. The molecule has 2 aromatic rings. The Bertz CT molecular complexity index is 773. The lowest BCUT2D eigenvalue weighted by atomic mass is 10.2. The molecule has 158 valence electrons. The minimum atomic E-state index is 0. The van der Waals surface area contributed by atoms with Crippen LogP contribution >= 0.6 is 24.0 Å². The van der Waals surface area contributed by atoms with Gasteiger partial charge < -0.3 is 20.7 Å². The van der Waals surface area contributed by atoms with E-state index in [1.165, 1.54) is 11.3 Å². The van der Waals surface area contributed by atoms with Gasteiger partial charge in [0.25, 0.3) is 0 Å². The van der Waals surface area contributed by atoms with Crippen LogP contribution in [0.25, 0.3) is 0 Å². The number of aliphatic imine (C=N–C) groups is 1. The van der Waals surface area contributed by atoms with Crippen molar-refractivity contribution in [1.82, 2.24) is 4.90 Å². The molecule has 0 bridgehead atoms. The number of piperazine rings is 1. The predicted octanol–water partition coefficient (Wildman–Crippen LogP) is 3.56. The Balaban J connectivity index is 0.00000300. The number of ether oxygens (including phenoxy) is 1. The third kappa shape index (κ3) is 7.40. The molecule has 1 heterocycles. The van der Waals surface area contributed by atoms with Gasteiger partial charge in [0, 0.05) is 50.6 Å². The maximum Gasteiger partial charge on any atom is 0.193 e. The van der Waals surface area contributed by atoms with Crippen molar-refractivity contribution < 1.29 is 4.74 Å². The lowest BCUT2D eigenvalue weighted by Gasteiger charge is -2.36. The third-order valence-electron chi connectivity index (χ3n) is 5.02. The van der Waals surface area contributed by atoms with Gasteiger partial charge in [0.2, 0.25) is 0 Å². The zero-order chi connectivity index (χ0) is 19.8. The van der Waals surface area contributed by atoms with Crippen molar-refractivity contribution in [3.8, 4) is 5.75 Å². The Labute approximate surface area is 191 Å². The molecule has 0 spiro atoms. The topological polar surface area (TPSA) is 66.1 Å². The molecule has 3 rings (SSSR count). The summed E-state index contributed by atoms with van der Waals surface area (Å²) in [6.45, 7) is 8.28. The molecule has 0 saturated carbocycles. The van der Waals surface area contributed by atoms with Crippen molar-refractivity contribution in [1.29, 1.82) is 0 Å². The van der Waals surface area contributed by atoms with Crippen molar-refractivity contribution in [2.24, 2.45) is 10.7 Å². The van der Waals surface area contributed by atoms with Crippen LogP contribution in [0.4, 0.5) is 11.4 Å². The molecule has 1 saturated heterocycles. The maximum atomic E-state index is 5.98. The number of nitrogens with zero attached hydrogens (tertiary/aromatic N) is 3. The van der Waals surface area contributed by atoms with Gasteiger partial charge in [-0.3, -0.25) is 9.89 Å². The van der Waals surface area contributed by atoms with Crippen LogP contribution in [-0.2, 0) is 0 Å². The van der Waals surface area contributed by atoms with Crippen molar-refractivity contribution in [2.75, 3.05) is 56.6 Å². The predicted molar refractivity (Wildman–Crippen MR) is 133 cm³/mol. The number of nitrogens with two attached hydrogens (primary N) is 1. The minimum absolute atomic E-state index is 0. The van der Waals surface area contributed by atoms with Gasteiger partial charge >= 0.3 is 0 Å². The van der Waals surface area contributed by atoms with Gasteiger partial charge in [-0.15, -0.1) is 24.0 Å². The highest BCUT2D eigenvalue weighted by atomic mass is 127. The fourth-order valence-corrected chi connectivity index (χ4v) is 3.41. The van der Waals surface area contributed by atoms with Crippen molar-refractivity contribution in [2.45, 2.75) is 13.3 Å². The summed E-state index contributed by atoms with van der Waals surface area (Å²) in [4.78, 5) is 9.41. The second-order valence-electron chi connectivity index (χ2n) is 7.14. The zero-order valence-corrected chi connectivity index (χ0v) is 19.6. The second kappa shape index (κ2) is 11.9. The summed E-state index contributed by atoms with van der Waals surface area (Å²) >= 11 is 0. The van der Waals surface area contributed by atoms with Gasteiger partial charge in [0.1, 0.15) is 5.75 Å². The van der Waals surface area contributed by atoms with Gasteiger partial charge in [-0.05, 0) is 55.3 Å². The Morgan fingerprint density at radius 3 is 2.48 bits per heavy atom. The molecule has 0 aromatic heterocycles. The zero-order valence-electron chi connectivity index (χ0n) is 17.3. The molecule has 1 fully saturated rings. The summed E-state index contributed by atoms with van der Waals surface area (Å²) in [5, 5.41) is 3.11. The number of aryl methyl sites for hydroxylation is 1. The Kier molecular flexibility index (Phi) is 9.53. The second-order valence-corrected chi connectivity index (χ2v) is 7.14. The fourth-order valence-electron chi connectivity index (χ4n) is 3.41. The van der Waals surface area contributed by atoms with E-state index in [1.54, 1.807) is 7.11 Å². The number of benzene rings is 2. The molecule has 7 heteroatoms. The number of nitrogens with one attached hydrogen (secondary N) is 1. The summed E-state index contributed by atoms with van der Waals surface area (Å²) in [6.07, 6.45) is 1.01. The number of rotatable bonds is 7. The molecule has 0 amide bonds. The van der Waals surface area contributed by atoms with Gasteiger partial charge in [-0.25, -0.2) is 0 Å². The van der Waals surface area contributed by atoms with E-state index in [2.05, 4.69) is 51.3 Å². The summed E-state index contributed by atoms with van der Waals surface area (Å²) in [7, 11) is 1.65. The molecule has 1 aliphatic rings. The largest absolute Gasteiger partial charge is 0.497 e. The molecule has 0 unspecified atom stereocenters. The van der Waals surface area contributed by atoms with E-state index in [9.17, 15) is 0 Å². The van der Waals surface area contributed by atoms with E-state index in [0.29, 0.717) is 5.96 Å². The lowest BCUT2D eigenvalue weighted by Crippen LogP contribution is -2.46. The molecule has 3 N–H and O–H groups in total. The summed E-state index contributed by atoms with van der Waals surface area (Å²) in [5.41, 5.74) is 9.54. The molecule has 0 atom stereocenters. The first kappa shape index (κ1) is 23.3. The molecule has 1 aliphatic heterocycles. The van der Waals surface area contributed by atoms with E-state index >= 15 is 0 Å². The molecule has 6 nitrogen and oxygen atoms in total. The van der Waals surface area contributed by atoms with Crippen LogP contribution in [0.3, 0.4) is 0 Å². The monoisotopic (exact) mass is 509 g/mol. The summed E-state index contributed by atoms with van der Waals surface area (Å²) in [5.74, 6) is 1.28. The van der Waals surface area contributed by atoms with E-state index in [-0.39, 0.29) is 24.0 Å². The molecular weight excluding hydrogens is 477 g/mol. The average molecular weight is 509 g/mol. The van der Waals surface area contributed by atoms with Crippen molar-refractivity contribution >= 4 is 41.3 Å². The maximum absolute atomic E-state index is 5.98. The van der Waals surface area contributed by atoms with Crippen molar-refractivity contribution in [3.63, 3.8) is 0 Å². The number of hydrogen-bond acceptors (Lipinski definition) is 4. The van der Waals surface area contributed by atoms with Crippen LogP contribution < -0.4 is 20.7 Å². The summed E-state index contributed by atoms with van der Waals surface area (Å²) in [6, 6.07) is 16.4. The highest BCUT2D eigenvalue weighted by molar-refractivity contribution is 14.0. The average Bonchev–Trinajstić information content (AvgIpc) is 2.72. The fraction of sp³-hybridized carbons (Fsp3) is 0.409. The Hall–Kier alpha value is -2.00. The highest BCUT2D eigenvalue weighted by Crippen LogP contribution is 2.18. The number of halogens is 1. The van der Waals surface area contributed by atoms with Gasteiger partial charge in [-0.2, -0.15) is 0 Å². The first-order valence-corrected chi connectivity index (χ1v) is 9.89. The van der Waals surface area contributed by atoms with Gasteiger partial charge in [0.05, 0.1) is 7.11 Å². The summed E-state index contributed by atoms with van der Waals surface area (Å²) < 4.78 is 5.15.